The first-order valence-corrected chi connectivity index (χ1v) is 12.8. The Labute approximate surface area is 225 Å². The molecule has 0 spiro atoms. The number of carbonyl (C=O) groups is 4. The summed E-state index contributed by atoms with van der Waals surface area (Å²) in [5.41, 5.74) is 0.557. The van der Waals surface area contributed by atoms with Crippen LogP contribution in [0.15, 0.2) is 58.6 Å². The molecule has 0 aromatic heterocycles. The van der Waals surface area contributed by atoms with Crippen molar-refractivity contribution in [1.29, 1.82) is 0 Å². The number of amides is 4. The number of carbonyl (C=O) groups excluding carboxylic acids is 4. The summed E-state index contributed by atoms with van der Waals surface area (Å²) in [7, 11) is 0. The average Bonchev–Trinajstić information content (AvgIpc) is 3.51. The van der Waals surface area contributed by atoms with E-state index in [1.165, 1.54) is 47.4 Å². The molecule has 2 aliphatic carbocycles. The molecule has 3 fully saturated rings. The summed E-state index contributed by atoms with van der Waals surface area (Å²) < 4.78 is 6.08. The fraction of sp³-hybridized carbons (Fsp3) is 0.259. The van der Waals surface area contributed by atoms with E-state index in [0.717, 1.165) is 31.8 Å². The van der Waals surface area contributed by atoms with E-state index in [1.807, 2.05) is 0 Å². The number of rotatable bonds is 6. The van der Waals surface area contributed by atoms with Crippen LogP contribution in [0.1, 0.15) is 36.8 Å². The van der Waals surface area contributed by atoms with Gasteiger partial charge in [-0.15, -0.1) is 0 Å². The number of nitrogens with zero attached hydrogens (tertiary/aromatic N) is 2. The van der Waals surface area contributed by atoms with Gasteiger partial charge in [0.2, 0.25) is 0 Å². The van der Waals surface area contributed by atoms with Crippen LogP contribution in [0.3, 0.4) is 0 Å². The van der Waals surface area contributed by atoms with Crippen LogP contribution in [0.25, 0.3) is 12.2 Å². The number of urea groups is 1. The molecule has 1 N–H and O–H groups in total. The third kappa shape index (κ3) is 5.14. The van der Waals surface area contributed by atoms with E-state index < -0.39 is 28.7 Å². The van der Waals surface area contributed by atoms with Crippen LogP contribution >= 0.6 is 15.9 Å². The van der Waals surface area contributed by atoms with Crippen molar-refractivity contribution in [2.45, 2.75) is 31.7 Å². The molecule has 5 rings (SSSR count). The third-order valence-electron chi connectivity index (χ3n) is 7.16. The number of nitrogens with one attached hydrogen (secondary N) is 1. The smallest absolute Gasteiger partial charge is 0.336 e. The van der Waals surface area contributed by atoms with E-state index in [1.54, 1.807) is 12.1 Å². The summed E-state index contributed by atoms with van der Waals surface area (Å²) >= 11 is 3.35. The molecule has 3 aliphatic rings. The number of nitro groups is 1. The fourth-order valence-electron chi connectivity index (χ4n) is 5.39. The van der Waals surface area contributed by atoms with E-state index in [-0.39, 0.29) is 34.5 Å². The minimum absolute atomic E-state index is 0.0701. The molecule has 3 atom stereocenters. The zero-order valence-corrected chi connectivity index (χ0v) is 21.6. The maximum atomic E-state index is 13.4. The number of hydrogen-bond donors (Lipinski definition) is 1. The maximum absolute atomic E-state index is 13.4. The van der Waals surface area contributed by atoms with Crippen LogP contribution < -0.4 is 10.1 Å². The molecular formula is C27H22BrN3O7. The van der Waals surface area contributed by atoms with E-state index >= 15 is 0 Å². The van der Waals surface area contributed by atoms with Crippen molar-refractivity contribution in [1.82, 2.24) is 10.2 Å². The standard InChI is InChI=1S/C27H22BrN3O7/c28-19-6-9-23(38-24(32)10-4-15-2-7-20(8-3-15)31(36)37)18(13-19)14-21-25(33)29-27(35)30(26(21)34)22-12-16-1-5-17(22)11-16/h2-4,6-10,13-14,16-17,22H,1,5,11-12H2,(H,29,33,35)/b10-4+,21-14-/t16-,17-,22-/m0/s1. The molecule has 11 heteroatoms. The second kappa shape index (κ2) is 10.3. The summed E-state index contributed by atoms with van der Waals surface area (Å²) in [6.07, 6.45) is 7.70. The lowest BCUT2D eigenvalue weighted by molar-refractivity contribution is -0.384. The lowest BCUT2D eigenvalue weighted by atomic mass is 9.93. The van der Waals surface area contributed by atoms with Crippen LogP contribution in [0, 0.1) is 22.0 Å². The van der Waals surface area contributed by atoms with E-state index in [2.05, 4.69) is 21.2 Å². The van der Waals surface area contributed by atoms with Gasteiger partial charge in [0.05, 0.1) is 4.92 Å². The zero-order chi connectivity index (χ0) is 27.0. The fourth-order valence-corrected chi connectivity index (χ4v) is 5.77. The van der Waals surface area contributed by atoms with Crippen molar-refractivity contribution in [3.8, 4) is 5.75 Å². The van der Waals surface area contributed by atoms with Crippen LogP contribution in [0.5, 0.6) is 5.75 Å². The van der Waals surface area contributed by atoms with Gasteiger partial charge in [0.15, 0.2) is 0 Å². The molecule has 2 bridgehead atoms. The molecule has 1 saturated heterocycles. The Bertz CT molecular complexity index is 1420. The molecule has 2 aromatic carbocycles. The Morgan fingerprint density at radius 2 is 1.87 bits per heavy atom. The summed E-state index contributed by atoms with van der Waals surface area (Å²) in [5.74, 6) is -1.37. The second-order valence-electron chi connectivity index (χ2n) is 9.52. The summed E-state index contributed by atoms with van der Waals surface area (Å²) in [6, 6.07) is 9.43. The number of non-ortho nitro benzene ring substituents is 1. The first-order chi connectivity index (χ1) is 18.2. The minimum atomic E-state index is -0.810. The SMILES string of the molecule is O=C(/C=C/c1ccc([N+](=O)[O-])cc1)Oc1ccc(Br)cc1/C=C1/C(=O)NC(=O)N([C@H]2C[C@H]3CC[C@H]2C3)C1=O. The Balaban J connectivity index is 1.37. The molecule has 10 nitrogen and oxygen atoms in total. The number of hydrogen-bond acceptors (Lipinski definition) is 7. The monoisotopic (exact) mass is 579 g/mol. The van der Waals surface area contributed by atoms with Crippen molar-refractivity contribution >= 4 is 57.6 Å². The minimum Gasteiger partial charge on any atom is -0.423 e. The Morgan fingerprint density at radius 1 is 1.11 bits per heavy atom. The van der Waals surface area contributed by atoms with Gasteiger partial charge in [-0.05, 0) is 79.1 Å². The molecule has 0 radical (unpaired) electrons. The van der Waals surface area contributed by atoms with Gasteiger partial charge in [-0.25, -0.2) is 9.59 Å². The predicted octanol–water partition coefficient (Wildman–Crippen LogP) is 4.63. The number of esters is 1. The van der Waals surface area contributed by atoms with Gasteiger partial charge in [-0.1, -0.05) is 22.4 Å². The van der Waals surface area contributed by atoms with Gasteiger partial charge in [0.25, 0.3) is 17.5 Å². The first-order valence-electron chi connectivity index (χ1n) is 12.0. The van der Waals surface area contributed by atoms with Gasteiger partial charge in [-0.3, -0.25) is 29.9 Å². The van der Waals surface area contributed by atoms with Crippen molar-refractivity contribution in [2.24, 2.45) is 11.8 Å². The number of benzene rings is 2. The summed E-state index contributed by atoms with van der Waals surface area (Å²) in [4.78, 5) is 62.6. The van der Waals surface area contributed by atoms with Crippen LogP contribution in [0.4, 0.5) is 10.5 Å². The number of halogens is 1. The molecule has 4 amide bonds. The maximum Gasteiger partial charge on any atom is 0.336 e. The van der Waals surface area contributed by atoms with E-state index in [0.29, 0.717) is 16.0 Å². The molecule has 38 heavy (non-hydrogen) atoms. The molecule has 1 aliphatic heterocycles. The zero-order valence-electron chi connectivity index (χ0n) is 20.0. The predicted molar refractivity (Wildman–Crippen MR) is 140 cm³/mol. The Morgan fingerprint density at radius 3 is 2.53 bits per heavy atom. The summed E-state index contributed by atoms with van der Waals surface area (Å²) in [6.45, 7) is 0. The first kappa shape index (κ1) is 25.5. The van der Waals surface area contributed by atoms with Crippen molar-refractivity contribution in [3.05, 3.63) is 79.8 Å². The highest BCUT2D eigenvalue weighted by atomic mass is 79.9. The van der Waals surface area contributed by atoms with Gasteiger partial charge in [0.1, 0.15) is 11.3 Å². The van der Waals surface area contributed by atoms with E-state index in [9.17, 15) is 29.3 Å². The van der Waals surface area contributed by atoms with Crippen LogP contribution in [-0.4, -0.2) is 39.7 Å². The summed E-state index contributed by atoms with van der Waals surface area (Å²) in [5, 5.41) is 13.1. The molecule has 2 saturated carbocycles. The topological polar surface area (TPSA) is 136 Å². The van der Waals surface area contributed by atoms with Crippen molar-refractivity contribution in [3.63, 3.8) is 0 Å². The number of ether oxygens (including phenoxy) is 1. The Hall–Kier alpha value is -4.12. The number of fused-ring (bicyclic) bond motifs is 2. The lowest BCUT2D eigenvalue weighted by Crippen LogP contribution is -2.58. The van der Waals surface area contributed by atoms with Crippen molar-refractivity contribution < 1.29 is 28.8 Å². The van der Waals surface area contributed by atoms with Gasteiger partial charge < -0.3 is 4.74 Å². The van der Waals surface area contributed by atoms with Gasteiger partial charge >= 0.3 is 12.0 Å². The van der Waals surface area contributed by atoms with Crippen molar-refractivity contribution in [2.75, 3.05) is 0 Å². The molecular weight excluding hydrogens is 558 g/mol. The van der Waals surface area contributed by atoms with E-state index in [4.69, 9.17) is 4.74 Å². The molecule has 1 heterocycles. The second-order valence-corrected chi connectivity index (χ2v) is 10.4. The third-order valence-corrected chi connectivity index (χ3v) is 7.66. The van der Waals surface area contributed by atoms with Gasteiger partial charge in [0, 0.05) is 34.3 Å². The largest absolute Gasteiger partial charge is 0.423 e. The highest BCUT2D eigenvalue weighted by Gasteiger charge is 2.49. The number of barbiturate groups is 1. The quantitative estimate of drug-likeness (QED) is 0.131. The normalized spacial score (nSPS) is 23.8. The van der Waals surface area contributed by atoms with Gasteiger partial charge in [-0.2, -0.15) is 0 Å². The average molecular weight is 580 g/mol. The van der Waals surface area contributed by atoms with Crippen LogP contribution in [-0.2, 0) is 14.4 Å². The molecule has 2 aromatic rings. The van der Waals surface area contributed by atoms with Crippen LogP contribution in [0.2, 0.25) is 0 Å². The highest BCUT2D eigenvalue weighted by Crippen LogP contribution is 2.47. The number of imide groups is 2. The molecule has 0 unspecified atom stereocenters. The lowest BCUT2D eigenvalue weighted by Gasteiger charge is -2.35. The molecule has 194 valence electrons. The Kier molecular flexibility index (Phi) is 6.94. The number of nitro benzene ring substituents is 1. The highest BCUT2D eigenvalue weighted by molar-refractivity contribution is 9.10.